The van der Waals surface area contributed by atoms with Crippen molar-refractivity contribution in [2.45, 2.75) is 17.6 Å². The Labute approximate surface area is 62.4 Å². The van der Waals surface area contributed by atoms with Crippen molar-refractivity contribution in [3.8, 4) is 0 Å². The molecular formula is C5H10BrN. The van der Waals surface area contributed by atoms with Crippen LogP contribution >= 0.6 is 15.9 Å². The summed E-state index contributed by atoms with van der Waals surface area (Å²) in [5, 5.41) is 2.09. The van der Waals surface area contributed by atoms with E-state index in [2.05, 4.69) is 21.2 Å². The molecule has 0 amide bonds. The third-order valence-corrected chi connectivity index (χ3v) is 0.986. The quantitative estimate of drug-likeness (QED) is 0.539. The van der Waals surface area contributed by atoms with Gasteiger partial charge in [-0.15, -0.1) is 0 Å². The lowest BCUT2D eigenvalue weighted by molar-refractivity contribution is 0.536. The molecule has 1 saturated heterocycles. The van der Waals surface area contributed by atoms with Gasteiger partial charge in [0.1, 0.15) is 0 Å². The van der Waals surface area contributed by atoms with E-state index >= 15 is 0 Å². The van der Waals surface area contributed by atoms with Gasteiger partial charge in [0.15, 0.2) is 0 Å². The Morgan fingerprint density at radius 3 is 3.71 bits per heavy atom. The zero-order valence-electron chi connectivity index (χ0n) is 10.5. The lowest BCUT2D eigenvalue weighted by Crippen LogP contribution is -2.29. The summed E-state index contributed by atoms with van der Waals surface area (Å²) in [6.45, 7) is -3.77. The molecular weight excluding hydrogens is 154 g/mol. The molecule has 0 spiro atoms. The molecule has 3 unspecified atom stereocenters. The Morgan fingerprint density at radius 2 is 2.86 bits per heavy atom. The maximum absolute atomic E-state index is 7.55. The number of alkyl halides is 1. The van der Waals surface area contributed by atoms with Crippen LogP contribution in [0.15, 0.2) is 0 Å². The van der Waals surface area contributed by atoms with Gasteiger partial charge in [-0.05, 0) is 19.3 Å². The zero-order chi connectivity index (χ0) is 11.4. The fraction of sp³-hybridized carbons (Fsp3) is 1.00. The number of hydrogen-bond donors (Lipinski definition) is 1. The Hall–Kier alpha value is 0.440. The van der Waals surface area contributed by atoms with Crippen molar-refractivity contribution >= 4 is 15.9 Å². The van der Waals surface area contributed by atoms with Crippen LogP contribution in [0.2, 0.25) is 0 Å². The number of piperidine rings is 1. The van der Waals surface area contributed by atoms with Crippen LogP contribution < -0.4 is 5.32 Å². The van der Waals surface area contributed by atoms with E-state index in [9.17, 15) is 0 Å². The summed E-state index contributed by atoms with van der Waals surface area (Å²) < 4.78 is 51.9. The minimum atomic E-state index is -2.44. The van der Waals surface area contributed by atoms with E-state index in [1.165, 1.54) is 0 Å². The van der Waals surface area contributed by atoms with Crippen molar-refractivity contribution in [2.75, 3.05) is 13.0 Å². The second kappa shape index (κ2) is 2.68. The van der Waals surface area contributed by atoms with Crippen LogP contribution in [0.25, 0.3) is 0 Å². The third kappa shape index (κ3) is 1.78. The first-order valence-corrected chi connectivity index (χ1v) is 2.64. The summed E-state index contributed by atoms with van der Waals surface area (Å²) >= 11 is 2.65. The highest BCUT2D eigenvalue weighted by molar-refractivity contribution is 9.09. The van der Waals surface area contributed by atoms with E-state index in [0.29, 0.717) is 0 Å². The zero-order valence-corrected chi connectivity index (χ0v) is 5.12. The van der Waals surface area contributed by atoms with Crippen LogP contribution in [-0.2, 0) is 0 Å². The highest BCUT2D eigenvalue weighted by Gasteiger charge is 2.06. The molecule has 1 heterocycles. The van der Waals surface area contributed by atoms with Crippen LogP contribution in [0.3, 0.4) is 0 Å². The van der Waals surface area contributed by atoms with E-state index in [0.717, 1.165) is 0 Å². The first kappa shape index (κ1) is 1.48. The minimum absolute atomic E-state index is 1.38. The lowest BCUT2D eigenvalue weighted by atomic mass is 10.2. The molecule has 1 fully saturated rings. The monoisotopic (exact) mass is 170 g/mol. The van der Waals surface area contributed by atoms with Gasteiger partial charge < -0.3 is 5.32 Å². The summed E-state index contributed by atoms with van der Waals surface area (Å²) in [5.74, 6) is 0. The first-order chi connectivity index (χ1) is 6.04. The van der Waals surface area contributed by atoms with E-state index < -0.39 is 30.6 Å². The Bertz CT molecular complexity index is 242. The molecule has 42 valence electrons. The highest BCUT2D eigenvalue weighted by Crippen LogP contribution is 2.09. The normalized spacial score (nSPS) is 93.6. The van der Waals surface area contributed by atoms with Gasteiger partial charge in [0, 0.05) is 20.9 Å². The second-order valence-electron chi connectivity index (χ2n) is 1.06. The van der Waals surface area contributed by atoms with Crippen molar-refractivity contribution in [1.82, 2.24) is 5.32 Å². The third-order valence-electron chi connectivity index (χ3n) is 0.559. The van der Waals surface area contributed by atoms with Crippen molar-refractivity contribution in [3.05, 3.63) is 0 Å². The molecule has 0 aromatic rings. The summed E-state index contributed by atoms with van der Waals surface area (Å²) in [6, 6.07) is 0. The SMILES string of the molecule is [2H]C1NC([2H])([2H])C([2H])(Br)C([2H])([2H])C1[2H]. The number of rotatable bonds is 0. The maximum atomic E-state index is 7.55. The lowest BCUT2D eigenvalue weighted by Gasteiger charge is -2.15. The first-order valence-electron chi connectivity index (χ1n) is 5.50. The minimum Gasteiger partial charge on any atom is -0.316 e. The van der Waals surface area contributed by atoms with Gasteiger partial charge in [0.05, 0.1) is 0 Å². The van der Waals surface area contributed by atoms with E-state index in [1.807, 2.05) is 0 Å². The molecule has 0 aromatic carbocycles. The van der Waals surface area contributed by atoms with Gasteiger partial charge >= 0.3 is 0 Å². The van der Waals surface area contributed by atoms with Crippen LogP contribution in [0.1, 0.15) is 22.4 Å². The van der Waals surface area contributed by atoms with Gasteiger partial charge in [-0.25, -0.2) is 0 Å². The van der Waals surface area contributed by atoms with Crippen molar-refractivity contribution in [2.24, 2.45) is 0 Å². The average Bonchev–Trinajstić information content (AvgIpc) is 1.99. The van der Waals surface area contributed by atoms with E-state index in [4.69, 9.17) is 9.60 Å². The number of halogens is 1. The molecule has 1 nitrogen and oxygen atoms in total. The van der Waals surface area contributed by atoms with E-state index in [1.54, 1.807) is 0 Å². The molecule has 0 aromatic heterocycles. The molecule has 0 saturated carbocycles. The summed E-state index contributed by atoms with van der Waals surface area (Å²) in [7, 11) is 0. The molecule has 0 aliphatic carbocycles. The molecule has 1 N–H and O–H groups in total. The van der Waals surface area contributed by atoms with Crippen LogP contribution in [-0.4, -0.2) is 17.8 Å². The number of nitrogens with one attached hydrogen (secondary N) is 1. The summed E-state index contributed by atoms with van der Waals surface area (Å²) in [4.78, 5) is -2.27. The van der Waals surface area contributed by atoms with Gasteiger partial charge in [-0.2, -0.15) is 0 Å². The van der Waals surface area contributed by atoms with Gasteiger partial charge in [-0.1, -0.05) is 15.9 Å². The molecule has 1 aliphatic rings. The van der Waals surface area contributed by atoms with Crippen LogP contribution in [0.5, 0.6) is 0 Å². The predicted molar refractivity (Wildman–Crippen MR) is 34.8 cm³/mol. The smallest absolute Gasteiger partial charge is 0.0439 e. The van der Waals surface area contributed by atoms with Gasteiger partial charge in [0.25, 0.3) is 0 Å². The van der Waals surface area contributed by atoms with Crippen molar-refractivity contribution in [3.63, 3.8) is 0 Å². The number of hydrogen-bond acceptors (Lipinski definition) is 1. The van der Waals surface area contributed by atoms with Crippen LogP contribution in [0, 0.1) is 0 Å². The van der Waals surface area contributed by atoms with Crippen LogP contribution in [0.4, 0.5) is 0 Å². The van der Waals surface area contributed by atoms with Gasteiger partial charge in [0.2, 0.25) is 0 Å². The Morgan fingerprint density at radius 1 is 2.00 bits per heavy atom. The molecule has 1 aliphatic heterocycles. The molecule has 2 heteroatoms. The van der Waals surface area contributed by atoms with Gasteiger partial charge in [-0.3, -0.25) is 0 Å². The Balaban J connectivity index is 3.15. The van der Waals surface area contributed by atoms with E-state index in [-0.39, 0.29) is 0 Å². The van der Waals surface area contributed by atoms with Crippen molar-refractivity contribution in [1.29, 1.82) is 0 Å². The topological polar surface area (TPSA) is 12.0 Å². The molecule has 1 rings (SSSR count). The predicted octanol–water partition coefficient (Wildman–Crippen LogP) is 1.13. The fourth-order valence-corrected chi connectivity index (χ4v) is 0.544. The summed E-state index contributed by atoms with van der Waals surface area (Å²) in [5.41, 5.74) is 0. The summed E-state index contributed by atoms with van der Waals surface area (Å²) in [6.07, 6.45) is -3.95. The highest BCUT2D eigenvalue weighted by atomic mass is 79.9. The Kier molecular flexibility index (Phi) is 0.566. The maximum Gasteiger partial charge on any atom is 0.0439 e. The second-order valence-corrected chi connectivity index (χ2v) is 1.85. The molecule has 0 bridgehead atoms. The molecule has 3 atom stereocenters. The molecule has 0 radical (unpaired) electrons. The largest absolute Gasteiger partial charge is 0.316 e. The standard InChI is InChI=1S/C5H10BrN/c6-5-2-1-3-7-4-5/h5,7H,1-4H2/i1D,2D2,3D,4D2,5D. The fourth-order valence-electron chi connectivity index (χ4n) is 0.298. The van der Waals surface area contributed by atoms with Crippen molar-refractivity contribution < 1.29 is 9.60 Å². The average molecular weight is 171 g/mol. The molecule has 7 heavy (non-hydrogen) atoms.